The van der Waals surface area contributed by atoms with Gasteiger partial charge in [0, 0.05) is 26.2 Å². The molecule has 200 valence electrons. The molecule has 0 unspecified atom stereocenters. The summed E-state index contributed by atoms with van der Waals surface area (Å²) in [5, 5.41) is 10.1. The van der Waals surface area contributed by atoms with E-state index in [2.05, 4.69) is 4.72 Å². The Hall–Kier alpha value is -4.52. The van der Waals surface area contributed by atoms with Gasteiger partial charge in [0.1, 0.15) is 17.1 Å². The maximum Gasteiger partial charge on any atom is 0.342 e. The number of furan rings is 1. The highest BCUT2D eigenvalue weighted by Crippen LogP contribution is 2.28. The number of sulfonamides is 1. The summed E-state index contributed by atoms with van der Waals surface area (Å²) in [6, 6.07) is 12.7. The zero-order valence-corrected chi connectivity index (χ0v) is 21.1. The van der Waals surface area contributed by atoms with E-state index < -0.39 is 39.8 Å². The summed E-state index contributed by atoms with van der Waals surface area (Å²) < 4.78 is 43.5. The molecule has 38 heavy (non-hydrogen) atoms. The second kappa shape index (κ2) is 11.3. The van der Waals surface area contributed by atoms with Gasteiger partial charge in [-0.3, -0.25) is 14.3 Å². The van der Waals surface area contributed by atoms with E-state index in [0.29, 0.717) is 5.75 Å². The van der Waals surface area contributed by atoms with Crippen LogP contribution in [0.25, 0.3) is 0 Å². The second-order valence-corrected chi connectivity index (χ2v) is 9.89. The minimum Gasteiger partial charge on any atom is -0.507 e. The van der Waals surface area contributed by atoms with E-state index in [4.69, 9.17) is 13.9 Å². The average Bonchev–Trinajstić information content (AvgIpc) is 3.46. The lowest BCUT2D eigenvalue weighted by Gasteiger charge is -2.34. The summed E-state index contributed by atoms with van der Waals surface area (Å²) in [6.07, 6.45) is 1.40. The number of nitrogens with zero attached hydrogens (tertiary/aromatic N) is 2. The molecule has 1 aliphatic heterocycles. The molecule has 0 radical (unpaired) electrons. The molecule has 2 N–H and O–H groups in total. The van der Waals surface area contributed by atoms with Crippen LogP contribution in [0, 0.1) is 0 Å². The molecule has 12 nitrogen and oxygen atoms in total. The molecule has 4 rings (SSSR count). The van der Waals surface area contributed by atoms with Crippen molar-refractivity contribution in [1.29, 1.82) is 0 Å². The van der Waals surface area contributed by atoms with E-state index in [1.807, 2.05) is 0 Å². The van der Waals surface area contributed by atoms with Crippen molar-refractivity contribution in [1.82, 2.24) is 9.80 Å². The number of aromatic hydroxyl groups is 1. The predicted octanol–water partition coefficient (Wildman–Crippen LogP) is 1.94. The van der Waals surface area contributed by atoms with E-state index in [-0.39, 0.29) is 48.4 Å². The van der Waals surface area contributed by atoms with Crippen LogP contribution in [-0.2, 0) is 19.6 Å². The van der Waals surface area contributed by atoms with Crippen LogP contribution >= 0.6 is 0 Å². The molecule has 1 fully saturated rings. The van der Waals surface area contributed by atoms with Gasteiger partial charge >= 0.3 is 5.97 Å². The molecule has 0 bridgehead atoms. The highest BCUT2D eigenvalue weighted by atomic mass is 32.2. The van der Waals surface area contributed by atoms with Gasteiger partial charge in [0.05, 0.1) is 24.0 Å². The monoisotopic (exact) mass is 543 g/mol. The Morgan fingerprint density at radius 2 is 1.71 bits per heavy atom. The largest absolute Gasteiger partial charge is 0.507 e. The van der Waals surface area contributed by atoms with E-state index in [9.17, 15) is 27.9 Å². The number of rotatable bonds is 8. The normalized spacial score (nSPS) is 13.6. The zero-order chi connectivity index (χ0) is 27.3. The standard InChI is InChI=1S/C25H25N3O9S/c1-35-21-6-3-2-5-19(21)26-38(33,34)17-8-9-20(29)18(15-17)25(32)37-16-23(30)27-10-12-28(13-11-27)24(31)22-7-4-14-36-22/h2-9,14-15,26,29H,10-13,16H2,1H3. The van der Waals surface area contributed by atoms with Gasteiger partial charge in [0.2, 0.25) is 0 Å². The Labute approximate surface area is 218 Å². The molecule has 2 amide bonds. The summed E-state index contributed by atoms with van der Waals surface area (Å²) >= 11 is 0. The third kappa shape index (κ3) is 5.89. The number of hydrogen-bond donors (Lipinski definition) is 2. The third-order valence-electron chi connectivity index (χ3n) is 5.83. The maximum absolute atomic E-state index is 12.9. The molecule has 2 heterocycles. The number of phenolic OH excluding ortho intramolecular Hbond substituents is 1. The number of carbonyl (C=O) groups excluding carboxylic acids is 3. The van der Waals surface area contributed by atoms with Crippen LogP contribution in [-0.4, -0.2) is 81.0 Å². The first-order valence-corrected chi connectivity index (χ1v) is 12.9. The number of hydrogen-bond acceptors (Lipinski definition) is 9. The molecule has 0 aliphatic carbocycles. The Balaban J connectivity index is 1.36. The predicted molar refractivity (Wildman–Crippen MR) is 133 cm³/mol. The lowest BCUT2D eigenvalue weighted by Crippen LogP contribution is -2.51. The number of carbonyl (C=O) groups is 3. The fraction of sp³-hybridized carbons (Fsp3) is 0.240. The summed E-state index contributed by atoms with van der Waals surface area (Å²) in [5.41, 5.74) is -0.238. The minimum absolute atomic E-state index is 0.184. The van der Waals surface area contributed by atoms with E-state index in [0.717, 1.165) is 18.2 Å². The van der Waals surface area contributed by atoms with E-state index in [1.54, 1.807) is 35.2 Å². The van der Waals surface area contributed by atoms with E-state index in [1.165, 1.54) is 24.3 Å². The lowest BCUT2D eigenvalue weighted by molar-refractivity contribution is -0.136. The fourth-order valence-electron chi connectivity index (χ4n) is 3.79. The van der Waals surface area contributed by atoms with Gasteiger partial charge in [-0.05, 0) is 42.5 Å². The molecular formula is C25H25N3O9S. The number of para-hydroxylation sites is 2. The van der Waals surface area contributed by atoms with Crippen molar-refractivity contribution in [3.05, 3.63) is 72.2 Å². The summed E-state index contributed by atoms with van der Waals surface area (Å²) in [6.45, 7) is 0.395. The minimum atomic E-state index is -4.16. The van der Waals surface area contributed by atoms with Gasteiger partial charge in [0.15, 0.2) is 12.4 Å². The Morgan fingerprint density at radius 1 is 1.00 bits per heavy atom. The first kappa shape index (κ1) is 26.5. The number of benzene rings is 2. The third-order valence-corrected chi connectivity index (χ3v) is 7.19. The zero-order valence-electron chi connectivity index (χ0n) is 20.3. The van der Waals surface area contributed by atoms with Crippen LogP contribution in [0.4, 0.5) is 5.69 Å². The van der Waals surface area contributed by atoms with Crippen molar-refractivity contribution in [2.45, 2.75) is 4.90 Å². The molecule has 0 atom stereocenters. The Bertz CT molecular complexity index is 1430. The van der Waals surface area contributed by atoms with Crippen LogP contribution < -0.4 is 9.46 Å². The van der Waals surface area contributed by atoms with Crippen LogP contribution in [0.2, 0.25) is 0 Å². The summed E-state index contributed by atoms with van der Waals surface area (Å²) in [7, 11) is -2.77. The molecule has 1 aromatic heterocycles. The molecule has 0 saturated carbocycles. The number of anilines is 1. The number of methoxy groups -OCH3 is 1. The molecule has 1 aliphatic rings. The van der Waals surface area contributed by atoms with Crippen LogP contribution in [0.5, 0.6) is 11.5 Å². The van der Waals surface area contributed by atoms with Crippen LogP contribution in [0.1, 0.15) is 20.9 Å². The van der Waals surface area contributed by atoms with Gasteiger partial charge in [-0.25, -0.2) is 13.2 Å². The summed E-state index contributed by atoms with van der Waals surface area (Å²) in [5.74, 6) is -1.86. The second-order valence-electron chi connectivity index (χ2n) is 8.21. The van der Waals surface area contributed by atoms with Crippen LogP contribution in [0.3, 0.4) is 0 Å². The Kier molecular flexibility index (Phi) is 7.86. The number of esters is 1. The number of amides is 2. The smallest absolute Gasteiger partial charge is 0.342 e. The first-order chi connectivity index (χ1) is 18.2. The van der Waals surface area contributed by atoms with Gasteiger partial charge in [0.25, 0.3) is 21.8 Å². The average molecular weight is 544 g/mol. The Morgan fingerprint density at radius 3 is 2.39 bits per heavy atom. The van der Waals surface area contributed by atoms with Crippen molar-refractivity contribution < 1.29 is 41.8 Å². The van der Waals surface area contributed by atoms with Crippen molar-refractivity contribution in [2.75, 3.05) is 44.6 Å². The molecule has 0 spiro atoms. The number of nitrogens with one attached hydrogen (secondary N) is 1. The molecule has 13 heteroatoms. The molecule has 3 aromatic rings. The van der Waals surface area contributed by atoms with E-state index >= 15 is 0 Å². The van der Waals surface area contributed by atoms with Gasteiger partial charge in [-0.2, -0.15) is 0 Å². The lowest BCUT2D eigenvalue weighted by atomic mass is 10.2. The van der Waals surface area contributed by atoms with Gasteiger partial charge < -0.3 is 28.8 Å². The fourth-order valence-corrected chi connectivity index (χ4v) is 4.89. The van der Waals surface area contributed by atoms with Crippen LogP contribution in [0.15, 0.2) is 70.2 Å². The van der Waals surface area contributed by atoms with Crippen molar-refractivity contribution in [2.24, 2.45) is 0 Å². The first-order valence-electron chi connectivity index (χ1n) is 11.5. The summed E-state index contributed by atoms with van der Waals surface area (Å²) in [4.78, 5) is 40.2. The quantitative estimate of drug-likeness (QED) is 0.405. The molecular weight excluding hydrogens is 518 g/mol. The number of ether oxygens (including phenoxy) is 2. The highest BCUT2D eigenvalue weighted by Gasteiger charge is 2.27. The topological polar surface area (TPSA) is 156 Å². The highest BCUT2D eigenvalue weighted by molar-refractivity contribution is 7.92. The van der Waals surface area contributed by atoms with Gasteiger partial charge in [-0.15, -0.1) is 0 Å². The van der Waals surface area contributed by atoms with Gasteiger partial charge in [-0.1, -0.05) is 12.1 Å². The SMILES string of the molecule is COc1ccccc1NS(=O)(=O)c1ccc(O)c(C(=O)OCC(=O)N2CCN(C(=O)c3ccco3)CC2)c1. The molecule has 1 saturated heterocycles. The molecule has 2 aromatic carbocycles. The number of phenols is 1. The van der Waals surface area contributed by atoms with Crippen molar-refractivity contribution >= 4 is 33.5 Å². The van der Waals surface area contributed by atoms with Crippen molar-refractivity contribution in [3.63, 3.8) is 0 Å². The van der Waals surface area contributed by atoms with Crippen molar-refractivity contribution in [3.8, 4) is 11.5 Å². The number of piperazine rings is 1. The maximum atomic E-state index is 12.9.